The molecule has 4 aliphatic heterocycles. The minimum absolute atomic E-state index is 0.0134. The molecule has 2 atom stereocenters. The van der Waals surface area contributed by atoms with Crippen LogP contribution in [-0.4, -0.2) is 77.5 Å². The lowest BCUT2D eigenvalue weighted by Crippen LogP contribution is -2.52. The summed E-state index contributed by atoms with van der Waals surface area (Å²) in [7, 11) is 0. The smallest absolute Gasteiger partial charge is 0.377 e. The van der Waals surface area contributed by atoms with Gasteiger partial charge in [0.15, 0.2) is 0 Å². The number of anilines is 3. The minimum atomic E-state index is -4.65. The number of hydrogen-bond donors (Lipinski definition) is 2. The number of carbonyl (C=O) groups is 1. The Morgan fingerprint density at radius 1 is 1.12 bits per heavy atom. The van der Waals surface area contributed by atoms with Crippen molar-refractivity contribution in [2.75, 3.05) is 48.8 Å². The number of fused-ring (bicyclic) bond motifs is 3. The third-order valence-electron chi connectivity index (χ3n) is 8.82. The number of thioether (sulfide) groups is 1. The van der Waals surface area contributed by atoms with Crippen molar-refractivity contribution in [3.63, 3.8) is 0 Å². The lowest BCUT2D eigenvalue weighted by Gasteiger charge is -2.36. The van der Waals surface area contributed by atoms with Crippen molar-refractivity contribution in [2.24, 2.45) is 0 Å². The van der Waals surface area contributed by atoms with Crippen molar-refractivity contribution in [1.82, 2.24) is 20.2 Å². The average Bonchev–Trinajstić information content (AvgIpc) is 3.39. The fourth-order valence-corrected chi connectivity index (χ4v) is 8.71. The highest BCUT2D eigenvalue weighted by Gasteiger charge is 2.40. The van der Waals surface area contributed by atoms with E-state index in [-0.39, 0.29) is 23.6 Å². The molecule has 4 fully saturated rings. The number of alkyl halides is 3. The van der Waals surface area contributed by atoms with Crippen LogP contribution < -0.4 is 15.5 Å². The SMILES string of the molecule is O=C1c2sc(-c3nc(Nc4ccc(N5CC6CC5CN6)cc4C4CC4)ncc3C(F)(F)F)cc2SCCN1C1COC1. The first kappa shape index (κ1) is 26.7. The van der Waals surface area contributed by atoms with Crippen LogP contribution in [0.3, 0.4) is 0 Å². The number of nitrogens with zero attached hydrogens (tertiary/aromatic N) is 4. The summed E-state index contributed by atoms with van der Waals surface area (Å²) in [5.74, 6) is 1.03. The number of amides is 1. The van der Waals surface area contributed by atoms with Gasteiger partial charge in [-0.1, -0.05) is 0 Å². The van der Waals surface area contributed by atoms with Gasteiger partial charge in [-0.3, -0.25) is 4.79 Å². The van der Waals surface area contributed by atoms with Crippen molar-refractivity contribution in [1.29, 1.82) is 0 Å². The third kappa shape index (κ3) is 4.74. The third-order valence-corrected chi connectivity index (χ3v) is 11.1. The first-order chi connectivity index (χ1) is 20.3. The first-order valence-corrected chi connectivity index (χ1v) is 16.1. The number of halogens is 3. The van der Waals surface area contributed by atoms with E-state index >= 15 is 0 Å². The van der Waals surface area contributed by atoms with E-state index in [1.54, 1.807) is 11.0 Å². The van der Waals surface area contributed by atoms with E-state index in [0.29, 0.717) is 58.2 Å². The Balaban J connectivity index is 1.12. The van der Waals surface area contributed by atoms with E-state index in [2.05, 4.69) is 37.6 Å². The zero-order chi connectivity index (χ0) is 28.6. The summed E-state index contributed by atoms with van der Waals surface area (Å²) in [5, 5.41) is 6.78. The fourth-order valence-electron chi connectivity index (χ4n) is 6.39. The number of carbonyl (C=O) groups excluding carboxylic acids is 1. The van der Waals surface area contributed by atoms with E-state index in [1.807, 2.05) is 6.07 Å². The molecule has 1 aromatic carbocycles. The predicted octanol–water partition coefficient (Wildman–Crippen LogP) is 5.34. The summed E-state index contributed by atoms with van der Waals surface area (Å²) in [6.45, 7) is 3.55. The topological polar surface area (TPSA) is 82.6 Å². The maximum atomic E-state index is 14.2. The van der Waals surface area contributed by atoms with Gasteiger partial charge >= 0.3 is 6.18 Å². The van der Waals surface area contributed by atoms with Crippen LogP contribution >= 0.6 is 23.1 Å². The van der Waals surface area contributed by atoms with Crippen LogP contribution in [-0.2, 0) is 10.9 Å². The second-order valence-corrected chi connectivity index (χ2v) is 13.8. The second kappa shape index (κ2) is 10.1. The van der Waals surface area contributed by atoms with Crippen molar-refractivity contribution < 1.29 is 22.7 Å². The zero-order valence-electron chi connectivity index (χ0n) is 22.6. The molecule has 1 amide bonds. The van der Waals surface area contributed by atoms with E-state index < -0.39 is 11.7 Å². The highest BCUT2D eigenvalue weighted by molar-refractivity contribution is 7.99. The molecule has 13 heteroatoms. The quantitative estimate of drug-likeness (QED) is 0.385. The molecule has 42 heavy (non-hydrogen) atoms. The summed E-state index contributed by atoms with van der Waals surface area (Å²) in [6.07, 6.45) is -0.471. The van der Waals surface area contributed by atoms with Gasteiger partial charge in [0.25, 0.3) is 5.91 Å². The zero-order valence-corrected chi connectivity index (χ0v) is 24.2. The normalized spacial score (nSPS) is 24.1. The van der Waals surface area contributed by atoms with Gasteiger partial charge in [0.05, 0.1) is 29.8 Å². The summed E-state index contributed by atoms with van der Waals surface area (Å²) in [6, 6.07) is 9.04. The van der Waals surface area contributed by atoms with Crippen molar-refractivity contribution >= 4 is 46.3 Å². The highest BCUT2D eigenvalue weighted by atomic mass is 32.2. The molecule has 2 bridgehead atoms. The van der Waals surface area contributed by atoms with Gasteiger partial charge in [0.2, 0.25) is 5.95 Å². The summed E-state index contributed by atoms with van der Waals surface area (Å²) in [4.78, 5) is 27.6. The van der Waals surface area contributed by atoms with E-state index in [1.165, 1.54) is 17.4 Å². The van der Waals surface area contributed by atoms with Gasteiger partial charge in [-0.25, -0.2) is 9.97 Å². The van der Waals surface area contributed by atoms with Gasteiger partial charge < -0.3 is 25.2 Å². The second-order valence-electron chi connectivity index (χ2n) is 11.6. The Morgan fingerprint density at radius 3 is 2.67 bits per heavy atom. The Bertz CT molecular complexity index is 1560. The van der Waals surface area contributed by atoms with E-state index in [9.17, 15) is 18.0 Å². The molecule has 0 radical (unpaired) electrons. The van der Waals surface area contributed by atoms with Crippen LogP contribution in [0.4, 0.5) is 30.5 Å². The fraction of sp³-hybridized carbons (Fsp3) is 0.483. The summed E-state index contributed by atoms with van der Waals surface area (Å²) in [5.41, 5.74) is 2.03. The molecule has 8 nitrogen and oxygen atoms in total. The van der Waals surface area contributed by atoms with Crippen LogP contribution in [0.25, 0.3) is 10.6 Å². The molecule has 2 N–H and O–H groups in total. The number of piperazine rings is 1. The summed E-state index contributed by atoms with van der Waals surface area (Å²) >= 11 is 2.56. The molecule has 0 spiro atoms. The molecule has 6 heterocycles. The van der Waals surface area contributed by atoms with Crippen molar-refractivity contribution in [2.45, 2.75) is 54.4 Å². The Kier molecular flexibility index (Phi) is 6.43. The molecular formula is C29H29F3N6O2S2. The van der Waals surface area contributed by atoms with E-state index in [4.69, 9.17) is 4.74 Å². The largest absolute Gasteiger partial charge is 0.420 e. The van der Waals surface area contributed by atoms with Crippen LogP contribution in [0.2, 0.25) is 0 Å². The molecule has 220 valence electrons. The average molecular weight is 615 g/mol. The number of rotatable bonds is 6. The molecule has 3 saturated heterocycles. The van der Waals surface area contributed by atoms with Crippen molar-refractivity contribution in [3.8, 4) is 10.6 Å². The number of thiophene rings is 1. The standard InChI is InChI=1S/C29H29F3N6O2S2/c30-29(31,32)21-11-34-28(35-22-4-3-17(8-20(22)15-1-2-15)38-12-16-7-18(38)10-33-16)36-25(21)23-9-24-26(42-23)27(39)37(5-6-41-24)19-13-40-14-19/h3-4,8-9,11,15-16,18-19,33H,1-2,5-7,10,12-14H2,(H,34,35,36). The lowest BCUT2D eigenvalue weighted by molar-refractivity contribution is -0.137. The maximum absolute atomic E-state index is 14.2. The molecule has 3 aromatic rings. The molecule has 8 rings (SSSR count). The first-order valence-electron chi connectivity index (χ1n) is 14.3. The van der Waals surface area contributed by atoms with Gasteiger partial charge in [0.1, 0.15) is 10.4 Å². The van der Waals surface area contributed by atoms with E-state index in [0.717, 1.165) is 61.1 Å². The molecular weight excluding hydrogens is 585 g/mol. The Hall–Kier alpha value is -2.87. The van der Waals surface area contributed by atoms with Crippen LogP contribution in [0.1, 0.15) is 46.0 Å². The molecule has 1 aliphatic carbocycles. The molecule has 2 unspecified atom stereocenters. The molecule has 1 saturated carbocycles. The monoisotopic (exact) mass is 614 g/mol. The minimum Gasteiger partial charge on any atom is -0.377 e. The van der Waals surface area contributed by atoms with Crippen LogP contribution in [0.5, 0.6) is 0 Å². The van der Waals surface area contributed by atoms with Crippen molar-refractivity contribution in [3.05, 3.63) is 46.5 Å². The number of benzene rings is 1. The van der Waals surface area contributed by atoms with Gasteiger partial charge in [0, 0.05) is 59.9 Å². The highest BCUT2D eigenvalue weighted by Crippen LogP contribution is 2.47. The van der Waals surface area contributed by atoms with Gasteiger partial charge in [-0.15, -0.1) is 23.1 Å². The summed E-state index contributed by atoms with van der Waals surface area (Å²) < 4.78 is 47.8. The Morgan fingerprint density at radius 2 is 1.98 bits per heavy atom. The van der Waals surface area contributed by atoms with Crippen LogP contribution in [0.15, 0.2) is 35.4 Å². The number of nitrogens with one attached hydrogen (secondary N) is 2. The Labute approximate surface area is 249 Å². The molecule has 2 aromatic heterocycles. The molecule has 5 aliphatic rings. The number of aromatic nitrogens is 2. The number of ether oxygens (including phenoxy) is 1. The number of hydrogen-bond acceptors (Lipinski definition) is 9. The lowest BCUT2D eigenvalue weighted by atomic mass is 10.1. The van der Waals surface area contributed by atoms with Gasteiger partial charge in [-0.05, 0) is 55.0 Å². The van der Waals surface area contributed by atoms with Gasteiger partial charge in [-0.2, -0.15) is 13.2 Å². The maximum Gasteiger partial charge on any atom is 0.420 e. The predicted molar refractivity (Wildman–Crippen MR) is 156 cm³/mol. The van der Waals surface area contributed by atoms with Crippen LogP contribution in [0, 0.1) is 0 Å².